The van der Waals surface area contributed by atoms with Crippen LogP contribution >= 0.6 is 27.3 Å². The van der Waals surface area contributed by atoms with Gasteiger partial charge >= 0.3 is 5.97 Å². The average Bonchev–Trinajstić information content (AvgIpc) is 2.59. The molecule has 1 unspecified atom stereocenters. The summed E-state index contributed by atoms with van der Waals surface area (Å²) in [5.74, 6) is -1.51. The predicted molar refractivity (Wildman–Crippen MR) is 65.7 cm³/mol. The molecule has 0 saturated heterocycles. The Bertz CT molecular complexity index is 403. The fourth-order valence-corrected chi connectivity index (χ4v) is 2.45. The van der Waals surface area contributed by atoms with Gasteiger partial charge in [0.15, 0.2) is 0 Å². The van der Waals surface area contributed by atoms with Crippen molar-refractivity contribution in [2.45, 2.75) is 19.9 Å². The summed E-state index contributed by atoms with van der Waals surface area (Å²) in [6.07, 6.45) is 0. The number of carboxylic acid groups (broad SMARTS) is 1. The minimum absolute atomic E-state index is 0.148. The lowest BCUT2D eigenvalue weighted by atomic mass is 10.0. The summed E-state index contributed by atoms with van der Waals surface area (Å²) >= 11 is 4.52. The van der Waals surface area contributed by atoms with Crippen LogP contribution in [-0.4, -0.2) is 23.0 Å². The summed E-state index contributed by atoms with van der Waals surface area (Å²) in [5, 5.41) is 11.4. The molecule has 16 heavy (non-hydrogen) atoms. The number of hydrogen-bond acceptors (Lipinski definition) is 3. The van der Waals surface area contributed by atoms with Gasteiger partial charge in [0.25, 0.3) is 5.91 Å². The highest BCUT2D eigenvalue weighted by molar-refractivity contribution is 9.11. The molecule has 88 valence electrons. The zero-order valence-corrected chi connectivity index (χ0v) is 11.3. The third kappa shape index (κ3) is 3.31. The van der Waals surface area contributed by atoms with E-state index in [-0.39, 0.29) is 11.8 Å². The van der Waals surface area contributed by atoms with Crippen LogP contribution in [-0.2, 0) is 4.79 Å². The van der Waals surface area contributed by atoms with Gasteiger partial charge in [0.1, 0.15) is 6.04 Å². The Morgan fingerprint density at radius 2 is 2.06 bits per heavy atom. The minimum atomic E-state index is -1.01. The zero-order chi connectivity index (χ0) is 12.3. The Morgan fingerprint density at radius 1 is 1.44 bits per heavy atom. The number of carbonyl (C=O) groups excluding carboxylic acids is 1. The monoisotopic (exact) mass is 305 g/mol. The van der Waals surface area contributed by atoms with E-state index in [1.165, 1.54) is 11.3 Å². The van der Waals surface area contributed by atoms with Crippen molar-refractivity contribution in [1.82, 2.24) is 5.32 Å². The Kier molecular flexibility index (Phi) is 4.49. The molecule has 6 heteroatoms. The molecule has 0 radical (unpaired) electrons. The molecule has 0 aliphatic carbocycles. The van der Waals surface area contributed by atoms with Gasteiger partial charge in [-0.1, -0.05) is 13.8 Å². The lowest BCUT2D eigenvalue weighted by Gasteiger charge is -2.17. The number of hydrogen-bond donors (Lipinski definition) is 2. The summed E-state index contributed by atoms with van der Waals surface area (Å²) in [6, 6.07) is 2.56. The molecule has 0 aromatic carbocycles. The van der Waals surface area contributed by atoms with Crippen molar-refractivity contribution < 1.29 is 14.7 Å². The van der Waals surface area contributed by atoms with E-state index >= 15 is 0 Å². The van der Waals surface area contributed by atoms with Crippen LogP contribution in [0.4, 0.5) is 0 Å². The summed E-state index contributed by atoms with van der Waals surface area (Å²) in [6.45, 7) is 3.51. The van der Waals surface area contributed by atoms with Gasteiger partial charge < -0.3 is 10.4 Å². The topological polar surface area (TPSA) is 66.4 Å². The van der Waals surface area contributed by atoms with Gasteiger partial charge in [0.2, 0.25) is 0 Å². The van der Waals surface area contributed by atoms with Gasteiger partial charge in [-0.2, -0.15) is 0 Å². The van der Waals surface area contributed by atoms with Crippen molar-refractivity contribution in [2.24, 2.45) is 5.92 Å². The van der Waals surface area contributed by atoms with E-state index in [4.69, 9.17) is 5.11 Å². The van der Waals surface area contributed by atoms with Gasteiger partial charge in [-0.25, -0.2) is 4.79 Å². The van der Waals surface area contributed by atoms with Crippen molar-refractivity contribution in [3.63, 3.8) is 0 Å². The van der Waals surface area contributed by atoms with Crippen molar-refractivity contribution in [1.29, 1.82) is 0 Å². The first-order valence-electron chi connectivity index (χ1n) is 4.71. The Balaban J connectivity index is 2.73. The van der Waals surface area contributed by atoms with Crippen LogP contribution in [0.25, 0.3) is 0 Å². The summed E-state index contributed by atoms with van der Waals surface area (Å²) < 4.78 is 0.842. The highest BCUT2D eigenvalue weighted by atomic mass is 79.9. The van der Waals surface area contributed by atoms with Crippen LogP contribution < -0.4 is 5.32 Å². The number of amides is 1. The third-order valence-corrected chi connectivity index (χ3v) is 3.64. The molecule has 1 rings (SSSR count). The molecule has 2 N–H and O–H groups in total. The maximum absolute atomic E-state index is 11.7. The van der Waals surface area contributed by atoms with E-state index in [9.17, 15) is 9.59 Å². The van der Waals surface area contributed by atoms with E-state index in [0.717, 1.165) is 3.79 Å². The lowest BCUT2D eigenvalue weighted by molar-refractivity contribution is -0.140. The smallest absolute Gasteiger partial charge is 0.326 e. The fourth-order valence-electron chi connectivity index (χ4n) is 1.16. The molecule has 0 fully saturated rings. The van der Waals surface area contributed by atoms with Crippen LogP contribution in [0.3, 0.4) is 0 Å². The van der Waals surface area contributed by atoms with Gasteiger partial charge in [-0.3, -0.25) is 4.79 Å². The molecular weight excluding hydrogens is 294 g/mol. The van der Waals surface area contributed by atoms with Crippen molar-refractivity contribution >= 4 is 39.1 Å². The van der Waals surface area contributed by atoms with Crippen LogP contribution in [0, 0.1) is 5.92 Å². The maximum atomic E-state index is 11.7. The van der Waals surface area contributed by atoms with Crippen LogP contribution in [0.1, 0.15) is 23.5 Å². The van der Waals surface area contributed by atoms with E-state index in [2.05, 4.69) is 21.2 Å². The van der Waals surface area contributed by atoms with E-state index in [1.807, 2.05) is 0 Å². The Labute approximate surface area is 106 Å². The largest absolute Gasteiger partial charge is 0.480 e. The first-order valence-corrected chi connectivity index (χ1v) is 6.31. The Morgan fingerprint density at radius 3 is 2.44 bits per heavy atom. The molecule has 1 amide bonds. The van der Waals surface area contributed by atoms with Crippen molar-refractivity contribution in [2.75, 3.05) is 0 Å². The van der Waals surface area contributed by atoms with Gasteiger partial charge in [-0.15, -0.1) is 11.3 Å². The minimum Gasteiger partial charge on any atom is -0.480 e. The predicted octanol–water partition coefficient (Wildman–Crippen LogP) is 2.35. The molecule has 0 aliphatic rings. The molecular formula is C10H12BrNO3S. The van der Waals surface area contributed by atoms with Gasteiger partial charge in [-0.05, 0) is 34.0 Å². The highest BCUT2D eigenvalue weighted by Crippen LogP contribution is 2.22. The van der Waals surface area contributed by atoms with Crippen molar-refractivity contribution in [3.8, 4) is 0 Å². The first kappa shape index (κ1) is 13.2. The second-order valence-corrected chi connectivity index (χ2v) is 6.10. The number of carboxylic acids is 1. The molecule has 0 saturated carbocycles. The summed E-state index contributed by atoms with van der Waals surface area (Å²) in [5.41, 5.74) is 0. The quantitative estimate of drug-likeness (QED) is 0.897. The first-order chi connectivity index (χ1) is 7.41. The standard InChI is InChI=1S/C10H12BrNO3S/c1-5(2)8(10(14)15)12-9(13)6-3-4-7(11)16-6/h3-5,8H,1-2H3,(H,12,13)(H,14,15). The number of carbonyl (C=O) groups is 2. The molecule has 0 aliphatic heterocycles. The van der Waals surface area contributed by atoms with E-state index < -0.39 is 12.0 Å². The number of thiophene rings is 1. The molecule has 1 aromatic rings. The second-order valence-electron chi connectivity index (χ2n) is 3.64. The number of nitrogens with one attached hydrogen (secondary N) is 1. The van der Waals surface area contributed by atoms with Gasteiger partial charge in [0.05, 0.1) is 8.66 Å². The normalized spacial score (nSPS) is 12.5. The highest BCUT2D eigenvalue weighted by Gasteiger charge is 2.24. The molecule has 1 atom stereocenters. The zero-order valence-electron chi connectivity index (χ0n) is 8.86. The van der Waals surface area contributed by atoms with E-state index in [1.54, 1.807) is 26.0 Å². The molecule has 0 spiro atoms. The number of rotatable bonds is 4. The molecule has 1 heterocycles. The van der Waals surface area contributed by atoms with E-state index in [0.29, 0.717) is 4.88 Å². The van der Waals surface area contributed by atoms with Crippen LogP contribution in [0.2, 0.25) is 0 Å². The third-order valence-electron chi connectivity index (χ3n) is 2.02. The SMILES string of the molecule is CC(C)C(NC(=O)c1ccc(Br)s1)C(=O)O. The fraction of sp³-hybridized carbons (Fsp3) is 0.400. The molecule has 1 aromatic heterocycles. The number of halogens is 1. The van der Waals surface area contributed by atoms with Crippen LogP contribution in [0.5, 0.6) is 0 Å². The van der Waals surface area contributed by atoms with Gasteiger partial charge in [0, 0.05) is 0 Å². The van der Waals surface area contributed by atoms with Crippen molar-refractivity contribution in [3.05, 3.63) is 20.8 Å². The number of aliphatic carboxylic acids is 1. The summed E-state index contributed by atoms with van der Waals surface area (Å²) in [4.78, 5) is 23.1. The Hall–Kier alpha value is -0.880. The second kappa shape index (κ2) is 5.45. The maximum Gasteiger partial charge on any atom is 0.326 e. The average molecular weight is 306 g/mol. The summed E-state index contributed by atoms with van der Waals surface area (Å²) in [7, 11) is 0. The van der Waals surface area contributed by atoms with Crippen LogP contribution in [0.15, 0.2) is 15.9 Å². The molecule has 4 nitrogen and oxygen atoms in total. The molecule has 0 bridgehead atoms. The lowest BCUT2D eigenvalue weighted by Crippen LogP contribution is -2.44.